The number of anilines is 1. The van der Waals surface area contributed by atoms with Crippen LogP contribution in [0.2, 0.25) is 0 Å². The van der Waals surface area contributed by atoms with E-state index in [1.54, 1.807) is 18.3 Å². The number of nitrogens with two attached hydrogens (primary N) is 1. The molecule has 1 unspecified atom stereocenters. The van der Waals surface area contributed by atoms with E-state index in [0.717, 1.165) is 36.1 Å². The number of allylic oxidation sites excluding steroid dienone is 2. The number of aryl methyl sites for hydroxylation is 1. The molecule has 0 bridgehead atoms. The van der Waals surface area contributed by atoms with E-state index in [1.165, 1.54) is 17.7 Å². The van der Waals surface area contributed by atoms with Gasteiger partial charge in [0.15, 0.2) is 5.78 Å². The lowest BCUT2D eigenvalue weighted by Crippen LogP contribution is -2.08. The highest BCUT2D eigenvalue weighted by Crippen LogP contribution is 2.19. The largest absolute Gasteiger partial charge is 0.399 e. The molecule has 0 aliphatic heterocycles. The summed E-state index contributed by atoms with van der Waals surface area (Å²) in [6, 6.07) is 13.9. The van der Waals surface area contributed by atoms with Crippen molar-refractivity contribution in [2.24, 2.45) is 4.99 Å². The van der Waals surface area contributed by atoms with Crippen LogP contribution in [0.15, 0.2) is 64.7 Å². The average molecular weight is 381 g/mol. The van der Waals surface area contributed by atoms with Crippen molar-refractivity contribution >= 4 is 17.7 Å². The molecule has 0 saturated carbocycles. The van der Waals surface area contributed by atoms with Crippen LogP contribution in [0.1, 0.15) is 57.2 Å². The van der Waals surface area contributed by atoms with Crippen LogP contribution < -0.4 is 5.73 Å². The van der Waals surface area contributed by atoms with Crippen LogP contribution in [0, 0.1) is 5.82 Å². The molecule has 0 aromatic heterocycles. The van der Waals surface area contributed by atoms with E-state index in [0.29, 0.717) is 12.0 Å². The minimum Gasteiger partial charge on any atom is -0.399 e. The molecule has 0 fully saturated rings. The normalized spacial score (nSPS) is 13.4. The van der Waals surface area contributed by atoms with E-state index in [1.807, 2.05) is 45.0 Å². The van der Waals surface area contributed by atoms with Gasteiger partial charge in [-0.15, -0.1) is 0 Å². The maximum absolute atomic E-state index is 13.1. The second-order valence-electron chi connectivity index (χ2n) is 7.07. The smallest absolute Gasteiger partial charge is 0.164 e. The molecule has 0 amide bonds. The van der Waals surface area contributed by atoms with E-state index in [-0.39, 0.29) is 17.6 Å². The van der Waals surface area contributed by atoms with Crippen LogP contribution in [0.25, 0.3) is 0 Å². The number of carbonyl (C=O) groups excluding carboxylic acids is 1. The molecule has 2 aromatic rings. The molecular formula is C24H29FN2O. The summed E-state index contributed by atoms with van der Waals surface area (Å²) in [5.74, 6) is -0.150. The van der Waals surface area contributed by atoms with Gasteiger partial charge in [-0.2, -0.15) is 0 Å². The first kappa shape index (κ1) is 21.5. The monoisotopic (exact) mass is 380 g/mol. The van der Waals surface area contributed by atoms with Crippen molar-refractivity contribution in [3.8, 4) is 0 Å². The van der Waals surface area contributed by atoms with Crippen LogP contribution in [-0.4, -0.2) is 12.0 Å². The van der Waals surface area contributed by atoms with Gasteiger partial charge in [-0.1, -0.05) is 36.8 Å². The Morgan fingerprint density at radius 3 is 2.39 bits per heavy atom. The third kappa shape index (κ3) is 6.45. The Morgan fingerprint density at radius 1 is 1.14 bits per heavy atom. The molecule has 1 atom stereocenters. The Hall–Kier alpha value is -2.75. The van der Waals surface area contributed by atoms with Gasteiger partial charge in [0, 0.05) is 23.9 Å². The summed E-state index contributed by atoms with van der Waals surface area (Å²) in [6.07, 6.45) is 4.60. The van der Waals surface area contributed by atoms with Gasteiger partial charge in [0.05, 0.1) is 6.04 Å². The highest BCUT2D eigenvalue weighted by Gasteiger charge is 2.11. The van der Waals surface area contributed by atoms with Crippen molar-refractivity contribution in [3.63, 3.8) is 0 Å². The molecule has 0 spiro atoms. The summed E-state index contributed by atoms with van der Waals surface area (Å²) in [6.45, 7) is 5.95. The predicted octanol–water partition coefficient (Wildman–Crippen LogP) is 5.86. The first-order valence-electron chi connectivity index (χ1n) is 9.76. The van der Waals surface area contributed by atoms with Crippen molar-refractivity contribution in [2.75, 3.05) is 5.73 Å². The summed E-state index contributed by atoms with van der Waals surface area (Å²) in [4.78, 5) is 17.3. The second-order valence-corrected chi connectivity index (χ2v) is 7.07. The minimum atomic E-state index is -0.265. The summed E-state index contributed by atoms with van der Waals surface area (Å²) >= 11 is 0. The Labute approximate surface area is 167 Å². The average Bonchev–Trinajstić information content (AvgIpc) is 2.69. The van der Waals surface area contributed by atoms with Gasteiger partial charge in [0.2, 0.25) is 0 Å². The van der Waals surface area contributed by atoms with Gasteiger partial charge >= 0.3 is 0 Å². The number of aliphatic imine (C=N–C) groups is 1. The number of halogens is 1. The maximum atomic E-state index is 13.1. The molecule has 2 aromatic carbocycles. The van der Waals surface area contributed by atoms with Crippen molar-refractivity contribution in [3.05, 3.63) is 76.6 Å². The van der Waals surface area contributed by atoms with Crippen LogP contribution in [0.4, 0.5) is 10.1 Å². The van der Waals surface area contributed by atoms with Gasteiger partial charge in [-0.05, 0) is 68.5 Å². The van der Waals surface area contributed by atoms with Crippen LogP contribution in [-0.2, 0) is 11.2 Å². The lowest BCUT2D eigenvalue weighted by atomic mass is 9.98. The van der Waals surface area contributed by atoms with Crippen molar-refractivity contribution in [1.29, 1.82) is 0 Å². The van der Waals surface area contributed by atoms with E-state index in [9.17, 15) is 9.18 Å². The Morgan fingerprint density at radius 2 is 1.79 bits per heavy atom. The number of rotatable bonds is 9. The highest BCUT2D eigenvalue weighted by atomic mass is 19.1. The number of hydrogen-bond acceptors (Lipinski definition) is 3. The number of nitrogen functional groups attached to an aromatic ring is 1. The van der Waals surface area contributed by atoms with Gasteiger partial charge in [0.25, 0.3) is 0 Å². The molecular weight excluding hydrogens is 351 g/mol. The number of Topliss-reactive ketones (excluding diaryl/α,β-unsaturated/α-hetero) is 1. The SMILES string of the molecule is CCC(C)=C(C=NC(C)c1ccc(F)cc1)C(=O)CCCc1ccc(N)cc1. The third-order valence-electron chi connectivity index (χ3n) is 4.92. The number of hydrogen-bond donors (Lipinski definition) is 1. The fourth-order valence-corrected chi connectivity index (χ4v) is 2.90. The number of ketones is 1. The number of carbonyl (C=O) groups is 1. The lowest BCUT2D eigenvalue weighted by molar-refractivity contribution is -0.115. The third-order valence-corrected chi connectivity index (χ3v) is 4.92. The van der Waals surface area contributed by atoms with E-state index in [2.05, 4.69) is 4.99 Å². The molecule has 0 saturated heterocycles. The predicted molar refractivity (Wildman–Crippen MR) is 115 cm³/mol. The fourth-order valence-electron chi connectivity index (χ4n) is 2.90. The molecule has 0 aliphatic rings. The minimum absolute atomic E-state index is 0.116. The zero-order valence-corrected chi connectivity index (χ0v) is 16.9. The zero-order chi connectivity index (χ0) is 20.5. The van der Waals surface area contributed by atoms with Crippen LogP contribution in [0.3, 0.4) is 0 Å². The Balaban J connectivity index is 2.00. The van der Waals surface area contributed by atoms with E-state index < -0.39 is 0 Å². The summed E-state index contributed by atoms with van der Waals surface area (Å²) in [7, 11) is 0. The van der Waals surface area contributed by atoms with Gasteiger partial charge in [-0.25, -0.2) is 4.39 Å². The molecule has 0 heterocycles. The summed E-state index contributed by atoms with van der Waals surface area (Å²) in [5, 5.41) is 0. The molecule has 2 N–H and O–H groups in total. The van der Waals surface area contributed by atoms with Crippen molar-refractivity contribution in [2.45, 2.75) is 52.5 Å². The zero-order valence-electron chi connectivity index (χ0n) is 16.9. The number of benzene rings is 2. The Kier molecular flexibility index (Phi) is 8.12. The van der Waals surface area contributed by atoms with Gasteiger partial charge in [0.1, 0.15) is 5.82 Å². The molecule has 148 valence electrons. The highest BCUT2D eigenvalue weighted by molar-refractivity contribution is 6.13. The second kappa shape index (κ2) is 10.5. The van der Waals surface area contributed by atoms with Crippen LogP contribution >= 0.6 is 0 Å². The molecule has 0 aliphatic carbocycles. The first-order valence-corrected chi connectivity index (χ1v) is 9.76. The molecule has 4 heteroatoms. The van der Waals surface area contributed by atoms with E-state index >= 15 is 0 Å². The topological polar surface area (TPSA) is 55.5 Å². The number of nitrogens with zero attached hydrogens (tertiary/aromatic N) is 1. The van der Waals surface area contributed by atoms with Gasteiger partial charge < -0.3 is 5.73 Å². The van der Waals surface area contributed by atoms with E-state index in [4.69, 9.17) is 5.73 Å². The Bertz CT molecular complexity index is 836. The molecule has 0 radical (unpaired) electrons. The fraction of sp³-hybridized carbons (Fsp3) is 0.333. The van der Waals surface area contributed by atoms with Crippen LogP contribution in [0.5, 0.6) is 0 Å². The molecule has 3 nitrogen and oxygen atoms in total. The standard InChI is InChI=1S/C24H29FN2O/c1-4-17(2)23(16-27-18(3)20-10-12-21(25)13-11-20)24(28)7-5-6-19-8-14-22(26)15-9-19/h8-16,18H,4-7,26H2,1-3H3. The quantitative estimate of drug-likeness (QED) is 0.337. The van der Waals surface area contributed by atoms with Crippen molar-refractivity contribution in [1.82, 2.24) is 0 Å². The molecule has 2 rings (SSSR count). The van der Waals surface area contributed by atoms with Crippen molar-refractivity contribution < 1.29 is 9.18 Å². The van der Waals surface area contributed by atoms with Gasteiger partial charge in [-0.3, -0.25) is 9.79 Å². The maximum Gasteiger partial charge on any atom is 0.164 e. The summed E-state index contributed by atoms with van der Waals surface area (Å²) < 4.78 is 13.1. The summed E-state index contributed by atoms with van der Waals surface area (Å²) in [5.41, 5.74) is 10.3. The lowest BCUT2D eigenvalue weighted by Gasteiger charge is -2.09. The molecule has 28 heavy (non-hydrogen) atoms. The first-order chi connectivity index (χ1) is 13.4.